The van der Waals surface area contributed by atoms with Gasteiger partial charge in [-0.25, -0.2) is 9.59 Å². The molecule has 0 amide bonds. The van der Waals surface area contributed by atoms with E-state index in [1.807, 2.05) is 0 Å². The summed E-state index contributed by atoms with van der Waals surface area (Å²) in [4.78, 5) is 22.7. The van der Waals surface area contributed by atoms with Crippen molar-refractivity contribution in [2.24, 2.45) is 0 Å². The Morgan fingerprint density at radius 3 is 2.24 bits per heavy atom. The largest absolute Gasteiger partial charge is 0.507 e. The van der Waals surface area contributed by atoms with Crippen LogP contribution in [-0.2, 0) is 0 Å². The number of phenols is 1. The summed E-state index contributed by atoms with van der Waals surface area (Å²) in [6.07, 6.45) is 0. The van der Waals surface area contributed by atoms with Crippen LogP contribution in [0.1, 0.15) is 20.7 Å². The van der Waals surface area contributed by atoms with Gasteiger partial charge in [-0.05, 0) is 22.9 Å². The van der Waals surface area contributed by atoms with Crippen molar-refractivity contribution in [1.29, 1.82) is 0 Å². The summed E-state index contributed by atoms with van der Waals surface area (Å²) in [6.45, 7) is 0. The van der Waals surface area contributed by atoms with Gasteiger partial charge in [0.1, 0.15) is 5.75 Å². The fourth-order valence-electron chi connectivity index (χ4n) is 2.54. The van der Waals surface area contributed by atoms with Gasteiger partial charge in [0.2, 0.25) is 0 Å². The van der Waals surface area contributed by atoms with E-state index in [4.69, 9.17) is 5.11 Å². The summed E-state index contributed by atoms with van der Waals surface area (Å²) in [7, 11) is 0. The number of carboxylic acid groups (broad SMARTS) is 2. The lowest BCUT2D eigenvalue weighted by molar-refractivity contribution is 0.0653. The van der Waals surface area contributed by atoms with E-state index in [1.54, 1.807) is 30.3 Å². The summed E-state index contributed by atoms with van der Waals surface area (Å²) in [5.74, 6) is -2.95. The zero-order chi connectivity index (χ0) is 15.1. The number of aromatic carboxylic acids is 2. The topological polar surface area (TPSA) is 94.8 Å². The number of phenolic OH excluding ortho intramolecular Hbond substituents is 1. The molecule has 3 N–H and O–H groups in total. The van der Waals surface area contributed by atoms with Crippen LogP contribution < -0.4 is 0 Å². The fourth-order valence-corrected chi connectivity index (χ4v) is 2.54. The van der Waals surface area contributed by atoms with Crippen LogP contribution in [-0.4, -0.2) is 27.3 Å². The quantitative estimate of drug-likeness (QED) is 0.628. The normalized spacial score (nSPS) is 10.9. The second-order valence-electron chi connectivity index (χ2n) is 4.64. The zero-order valence-electron chi connectivity index (χ0n) is 10.7. The maximum absolute atomic E-state index is 11.5. The van der Waals surface area contributed by atoms with Gasteiger partial charge in [0, 0.05) is 10.8 Å². The van der Waals surface area contributed by atoms with Crippen molar-refractivity contribution in [3.05, 3.63) is 53.6 Å². The zero-order valence-corrected chi connectivity index (χ0v) is 10.7. The first-order valence-corrected chi connectivity index (χ1v) is 6.14. The van der Waals surface area contributed by atoms with Crippen LogP contribution in [0.3, 0.4) is 0 Å². The number of hydrogen-bond acceptors (Lipinski definition) is 3. The van der Waals surface area contributed by atoms with Crippen LogP contribution in [0.25, 0.3) is 21.5 Å². The minimum absolute atomic E-state index is 0.0427. The molecule has 5 nitrogen and oxygen atoms in total. The molecular weight excluding hydrogens is 272 g/mol. The lowest BCUT2D eigenvalue weighted by Gasteiger charge is -2.11. The highest BCUT2D eigenvalue weighted by atomic mass is 16.4. The van der Waals surface area contributed by atoms with E-state index in [0.717, 1.165) is 5.39 Å². The van der Waals surface area contributed by atoms with Gasteiger partial charge in [-0.15, -0.1) is 0 Å². The number of hydrogen-bond donors (Lipinski definition) is 3. The molecule has 3 aromatic rings. The number of aromatic hydroxyl groups is 1. The molecule has 0 fully saturated rings. The predicted octanol–water partition coefficient (Wildman–Crippen LogP) is 3.10. The monoisotopic (exact) mass is 282 g/mol. The Bertz CT molecular complexity index is 911. The number of benzene rings is 3. The molecule has 3 rings (SSSR count). The molecule has 5 heteroatoms. The van der Waals surface area contributed by atoms with Gasteiger partial charge in [0.25, 0.3) is 0 Å². The van der Waals surface area contributed by atoms with Gasteiger partial charge < -0.3 is 15.3 Å². The molecule has 0 aliphatic rings. The van der Waals surface area contributed by atoms with Gasteiger partial charge in [0.15, 0.2) is 0 Å². The van der Waals surface area contributed by atoms with Crippen LogP contribution in [0.5, 0.6) is 5.75 Å². The van der Waals surface area contributed by atoms with E-state index in [-0.39, 0.29) is 16.7 Å². The first-order chi connectivity index (χ1) is 10.0. The third kappa shape index (κ3) is 1.87. The lowest BCUT2D eigenvalue weighted by atomic mass is 9.95. The number of carbonyl (C=O) groups is 2. The van der Waals surface area contributed by atoms with Crippen LogP contribution in [0.2, 0.25) is 0 Å². The third-order valence-electron chi connectivity index (χ3n) is 3.45. The molecule has 0 saturated heterocycles. The maximum atomic E-state index is 11.5. The van der Waals surface area contributed by atoms with E-state index >= 15 is 0 Å². The van der Waals surface area contributed by atoms with Crippen LogP contribution >= 0.6 is 0 Å². The van der Waals surface area contributed by atoms with E-state index in [1.165, 1.54) is 12.1 Å². The summed E-state index contributed by atoms with van der Waals surface area (Å²) in [5.41, 5.74) is -0.746. The minimum Gasteiger partial charge on any atom is -0.507 e. The Hall–Kier alpha value is -3.08. The molecule has 0 bridgehead atoms. The van der Waals surface area contributed by atoms with Crippen molar-refractivity contribution in [2.75, 3.05) is 0 Å². The lowest BCUT2D eigenvalue weighted by Crippen LogP contribution is -2.08. The van der Waals surface area contributed by atoms with Crippen LogP contribution in [0.4, 0.5) is 0 Å². The molecule has 104 valence electrons. The van der Waals surface area contributed by atoms with Gasteiger partial charge in [0.05, 0.1) is 11.1 Å². The van der Waals surface area contributed by atoms with Crippen molar-refractivity contribution in [3.63, 3.8) is 0 Å². The number of fused-ring (bicyclic) bond motifs is 2. The SMILES string of the molecule is O=C(O)c1ccc2cc3ccccc3c(O)c2c1C(=O)O. The predicted molar refractivity (Wildman–Crippen MR) is 77.0 cm³/mol. The Kier molecular flexibility index (Phi) is 2.76. The van der Waals surface area contributed by atoms with Crippen molar-refractivity contribution < 1.29 is 24.9 Å². The molecule has 0 heterocycles. The fraction of sp³-hybridized carbons (Fsp3) is 0. The Morgan fingerprint density at radius 2 is 1.57 bits per heavy atom. The Labute approximate surface area is 118 Å². The summed E-state index contributed by atoms with van der Waals surface area (Å²) in [5, 5.41) is 30.6. The highest BCUT2D eigenvalue weighted by Crippen LogP contribution is 2.37. The van der Waals surface area contributed by atoms with Crippen LogP contribution in [0, 0.1) is 0 Å². The second-order valence-corrected chi connectivity index (χ2v) is 4.64. The molecule has 0 aliphatic carbocycles. The standard InChI is InChI=1S/C16H10O5/c17-14-10-4-2-1-3-8(10)7-9-5-6-11(15(18)19)13(12(9)14)16(20)21/h1-7,17H,(H,18,19)(H,20,21). The minimum atomic E-state index is -1.39. The number of rotatable bonds is 2. The highest BCUT2D eigenvalue weighted by Gasteiger charge is 2.22. The first-order valence-electron chi connectivity index (χ1n) is 6.14. The van der Waals surface area contributed by atoms with Crippen molar-refractivity contribution in [3.8, 4) is 5.75 Å². The molecule has 0 atom stereocenters. The molecule has 0 unspecified atom stereocenters. The molecule has 0 aliphatic heterocycles. The molecule has 0 spiro atoms. The summed E-state index contributed by atoms with van der Waals surface area (Å²) >= 11 is 0. The molecule has 0 radical (unpaired) electrons. The average Bonchev–Trinajstić information content (AvgIpc) is 2.46. The van der Waals surface area contributed by atoms with Crippen molar-refractivity contribution in [2.45, 2.75) is 0 Å². The second kappa shape index (κ2) is 4.49. The average molecular weight is 282 g/mol. The van der Waals surface area contributed by atoms with Gasteiger partial charge in [-0.3, -0.25) is 0 Å². The molecule has 0 aromatic heterocycles. The van der Waals surface area contributed by atoms with E-state index in [2.05, 4.69) is 0 Å². The smallest absolute Gasteiger partial charge is 0.337 e. The van der Waals surface area contributed by atoms with E-state index in [0.29, 0.717) is 10.8 Å². The molecule has 0 saturated carbocycles. The highest BCUT2D eigenvalue weighted by molar-refractivity contribution is 6.17. The maximum Gasteiger partial charge on any atom is 0.337 e. The van der Waals surface area contributed by atoms with Gasteiger partial charge >= 0.3 is 11.9 Å². The van der Waals surface area contributed by atoms with Gasteiger partial charge in [-0.1, -0.05) is 30.3 Å². The third-order valence-corrected chi connectivity index (χ3v) is 3.45. The molecule has 21 heavy (non-hydrogen) atoms. The Morgan fingerprint density at radius 1 is 0.857 bits per heavy atom. The van der Waals surface area contributed by atoms with Crippen LogP contribution in [0.15, 0.2) is 42.5 Å². The van der Waals surface area contributed by atoms with Crippen molar-refractivity contribution in [1.82, 2.24) is 0 Å². The molecular formula is C16H10O5. The van der Waals surface area contributed by atoms with E-state index < -0.39 is 17.5 Å². The van der Waals surface area contributed by atoms with Gasteiger partial charge in [-0.2, -0.15) is 0 Å². The summed E-state index contributed by atoms with van der Waals surface area (Å²) in [6, 6.07) is 11.4. The number of carboxylic acids is 2. The first kappa shape index (κ1) is 12.9. The molecule has 3 aromatic carbocycles. The summed E-state index contributed by atoms with van der Waals surface area (Å²) < 4.78 is 0. The van der Waals surface area contributed by atoms with E-state index in [9.17, 15) is 19.8 Å². The Balaban J connectivity index is 2.58. The van der Waals surface area contributed by atoms with Crippen molar-refractivity contribution >= 4 is 33.5 Å².